The predicted octanol–water partition coefficient (Wildman–Crippen LogP) is 2.92. The van der Waals surface area contributed by atoms with Crippen molar-refractivity contribution < 1.29 is 27.5 Å². The van der Waals surface area contributed by atoms with Gasteiger partial charge in [-0.3, -0.25) is 0 Å². The molecular weight excluding hydrogens is 237 g/mol. The minimum absolute atomic E-state index is 0.000348. The number of halogens is 3. The first kappa shape index (κ1) is 15.4. The van der Waals surface area contributed by atoms with Gasteiger partial charge in [0.2, 0.25) is 0 Å². The zero-order chi connectivity index (χ0) is 13.8. The molecule has 6 heteroatoms. The summed E-state index contributed by atoms with van der Waals surface area (Å²) in [5.41, 5.74) is -0.409. The van der Waals surface area contributed by atoms with E-state index in [9.17, 15) is 22.8 Å². The summed E-state index contributed by atoms with van der Waals surface area (Å²) in [6.45, 7) is 6.92. The second-order valence-corrected chi connectivity index (χ2v) is 3.65. The fourth-order valence-corrected chi connectivity index (χ4v) is 0.855. The summed E-state index contributed by atoms with van der Waals surface area (Å²) in [5, 5.41) is 0. The number of hydrogen-bond donors (Lipinski definition) is 0. The van der Waals surface area contributed by atoms with Gasteiger partial charge >= 0.3 is 18.1 Å². The molecule has 0 saturated heterocycles. The van der Waals surface area contributed by atoms with Gasteiger partial charge in [0.25, 0.3) is 0 Å². The van der Waals surface area contributed by atoms with Crippen molar-refractivity contribution in [2.24, 2.45) is 0 Å². The van der Waals surface area contributed by atoms with E-state index in [1.807, 2.05) is 0 Å². The number of ether oxygens (including phenoxy) is 1. The number of alkyl halides is 3. The first-order valence-electron chi connectivity index (χ1n) is 4.69. The molecule has 0 heterocycles. The SMILES string of the molecule is C=C(C)C(=O)OC(=O)C(C)=C(C)CC(F)(F)F. The molecule has 0 rings (SSSR count). The quantitative estimate of drug-likeness (QED) is 0.439. The Labute approximate surface area is 96.9 Å². The average Bonchev–Trinajstić information content (AvgIpc) is 2.13. The summed E-state index contributed by atoms with van der Waals surface area (Å²) in [5.74, 6) is -2.03. The standard InChI is InChI=1S/C11H13F3O3/c1-6(2)9(15)17-10(16)8(4)7(3)5-11(12,13)14/h1,5H2,2-4H3. The molecule has 0 N–H and O–H groups in total. The van der Waals surface area contributed by atoms with Crippen molar-refractivity contribution in [3.8, 4) is 0 Å². The monoisotopic (exact) mass is 250 g/mol. The van der Waals surface area contributed by atoms with E-state index >= 15 is 0 Å². The van der Waals surface area contributed by atoms with E-state index in [2.05, 4.69) is 11.3 Å². The Balaban J connectivity index is 4.74. The topological polar surface area (TPSA) is 43.4 Å². The minimum atomic E-state index is -4.40. The molecule has 0 bridgehead atoms. The molecule has 0 saturated carbocycles. The third kappa shape index (κ3) is 5.89. The van der Waals surface area contributed by atoms with Crippen molar-refractivity contribution in [2.75, 3.05) is 0 Å². The molecular formula is C11H13F3O3. The molecule has 0 amide bonds. The van der Waals surface area contributed by atoms with Crippen LogP contribution >= 0.6 is 0 Å². The second-order valence-electron chi connectivity index (χ2n) is 3.65. The van der Waals surface area contributed by atoms with Gasteiger partial charge in [0.1, 0.15) is 0 Å². The fourth-order valence-electron chi connectivity index (χ4n) is 0.855. The highest BCUT2D eigenvalue weighted by Gasteiger charge is 2.29. The number of carbonyl (C=O) groups is 2. The third-order valence-electron chi connectivity index (χ3n) is 1.95. The predicted molar refractivity (Wildman–Crippen MR) is 55.0 cm³/mol. The van der Waals surface area contributed by atoms with E-state index in [0.717, 1.165) is 6.92 Å². The van der Waals surface area contributed by atoms with Gasteiger partial charge in [0.05, 0.1) is 6.42 Å². The zero-order valence-electron chi connectivity index (χ0n) is 9.77. The molecule has 0 aromatic rings. The summed E-state index contributed by atoms with van der Waals surface area (Å²) >= 11 is 0. The average molecular weight is 250 g/mol. The van der Waals surface area contributed by atoms with Gasteiger partial charge in [-0.15, -0.1) is 0 Å². The number of rotatable bonds is 3. The summed E-state index contributed by atoms with van der Waals surface area (Å²) < 4.78 is 40.5. The smallest absolute Gasteiger partial charge is 0.386 e. The molecule has 96 valence electrons. The van der Waals surface area contributed by atoms with Gasteiger partial charge in [-0.25, -0.2) is 9.59 Å². The van der Waals surface area contributed by atoms with Crippen molar-refractivity contribution in [2.45, 2.75) is 33.4 Å². The summed E-state index contributed by atoms with van der Waals surface area (Å²) in [6.07, 6.45) is -5.61. The molecule has 17 heavy (non-hydrogen) atoms. The number of allylic oxidation sites excluding steroid dienone is 1. The lowest BCUT2D eigenvalue weighted by atomic mass is 10.1. The maximum Gasteiger partial charge on any atom is 0.392 e. The molecule has 0 aliphatic carbocycles. The van der Waals surface area contributed by atoms with Crippen LogP contribution in [0.4, 0.5) is 13.2 Å². The molecule has 0 aromatic carbocycles. The van der Waals surface area contributed by atoms with Crippen molar-refractivity contribution in [3.63, 3.8) is 0 Å². The maximum atomic E-state index is 12.1. The van der Waals surface area contributed by atoms with Crippen LogP contribution in [-0.2, 0) is 14.3 Å². The van der Waals surface area contributed by atoms with Gasteiger partial charge in [-0.2, -0.15) is 13.2 Å². The van der Waals surface area contributed by atoms with Gasteiger partial charge in [-0.1, -0.05) is 12.2 Å². The normalized spacial score (nSPS) is 12.8. The van der Waals surface area contributed by atoms with Crippen LogP contribution in [-0.4, -0.2) is 18.1 Å². The third-order valence-corrected chi connectivity index (χ3v) is 1.95. The first-order valence-corrected chi connectivity index (χ1v) is 4.69. The highest BCUT2D eigenvalue weighted by Crippen LogP contribution is 2.26. The van der Waals surface area contributed by atoms with Gasteiger partial charge in [0, 0.05) is 11.1 Å². The van der Waals surface area contributed by atoms with Gasteiger partial charge in [0.15, 0.2) is 0 Å². The van der Waals surface area contributed by atoms with Crippen LogP contribution in [0.5, 0.6) is 0 Å². The molecule has 3 nitrogen and oxygen atoms in total. The maximum absolute atomic E-state index is 12.1. The molecule has 0 aromatic heterocycles. The molecule has 0 spiro atoms. The fraction of sp³-hybridized carbons (Fsp3) is 0.455. The Hall–Kier alpha value is -1.59. The van der Waals surface area contributed by atoms with E-state index < -0.39 is 24.5 Å². The van der Waals surface area contributed by atoms with E-state index in [-0.39, 0.29) is 16.7 Å². The Morgan fingerprint density at radius 2 is 1.59 bits per heavy atom. The van der Waals surface area contributed by atoms with E-state index in [4.69, 9.17) is 0 Å². The number of hydrogen-bond acceptors (Lipinski definition) is 3. The lowest BCUT2D eigenvalue weighted by Crippen LogP contribution is -2.16. The minimum Gasteiger partial charge on any atom is -0.386 e. The van der Waals surface area contributed by atoms with Crippen molar-refractivity contribution in [1.82, 2.24) is 0 Å². The van der Waals surface area contributed by atoms with Crippen LogP contribution in [0.2, 0.25) is 0 Å². The molecule has 0 radical (unpaired) electrons. The van der Waals surface area contributed by atoms with Crippen LogP contribution in [0, 0.1) is 0 Å². The molecule has 0 atom stereocenters. The highest BCUT2D eigenvalue weighted by atomic mass is 19.4. The van der Waals surface area contributed by atoms with Crippen molar-refractivity contribution in [1.29, 1.82) is 0 Å². The van der Waals surface area contributed by atoms with Crippen LogP contribution in [0.25, 0.3) is 0 Å². The number of esters is 2. The van der Waals surface area contributed by atoms with E-state index in [1.54, 1.807) is 0 Å². The second kappa shape index (κ2) is 5.65. The lowest BCUT2D eigenvalue weighted by Gasteiger charge is -2.09. The molecule has 0 aliphatic heterocycles. The van der Waals surface area contributed by atoms with Crippen LogP contribution < -0.4 is 0 Å². The Morgan fingerprint density at radius 3 is 1.94 bits per heavy atom. The van der Waals surface area contributed by atoms with E-state index in [0.29, 0.717) is 0 Å². The first-order chi connectivity index (χ1) is 7.54. The zero-order valence-corrected chi connectivity index (χ0v) is 9.77. The number of carbonyl (C=O) groups excluding carboxylic acids is 2. The largest absolute Gasteiger partial charge is 0.392 e. The van der Waals surface area contributed by atoms with Crippen LogP contribution in [0.15, 0.2) is 23.3 Å². The van der Waals surface area contributed by atoms with Crippen LogP contribution in [0.3, 0.4) is 0 Å². The highest BCUT2D eigenvalue weighted by molar-refractivity contribution is 6.01. The summed E-state index contributed by atoms with van der Waals surface area (Å²) in [7, 11) is 0. The van der Waals surface area contributed by atoms with Crippen molar-refractivity contribution in [3.05, 3.63) is 23.3 Å². The van der Waals surface area contributed by atoms with Crippen LogP contribution in [0.1, 0.15) is 27.2 Å². The van der Waals surface area contributed by atoms with Gasteiger partial charge < -0.3 is 4.74 Å². The van der Waals surface area contributed by atoms with Gasteiger partial charge in [-0.05, 0) is 20.8 Å². The lowest BCUT2D eigenvalue weighted by molar-refractivity contribution is -0.154. The Bertz CT molecular complexity index is 378. The Morgan fingerprint density at radius 1 is 1.12 bits per heavy atom. The summed E-state index contributed by atoms with van der Waals surface area (Å²) in [4.78, 5) is 22.3. The summed E-state index contributed by atoms with van der Waals surface area (Å²) in [6, 6.07) is 0. The molecule has 0 aliphatic rings. The molecule has 0 unspecified atom stereocenters. The van der Waals surface area contributed by atoms with E-state index in [1.165, 1.54) is 13.8 Å². The molecule has 0 fully saturated rings. The van der Waals surface area contributed by atoms with Crippen molar-refractivity contribution >= 4 is 11.9 Å². The Kier molecular flexibility index (Phi) is 5.12.